The zero-order chi connectivity index (χ0) is 20.8. The first-order valence-electron chi connectivity index (χ1n) is 10.2. The van der Waals surface area contributed by atoms with Crippen LogP contribution >= 0.6 is 0 Å². The van der Waals surface area contributed by atoms with Crippen molar-refractivity contribution in [2.24, 2.45) is 5.92 Å². The maximum Gasteiger partial charge on any atom is 0.227 e. The van der Waals surface area contributed by atoms with Crippen molar-refractivity contribution in [2.45, 2.75) is 32.1 Å². The van der Waals surface area contributed by atoms with Crippen LogP contribution in [0.15, 0.2) is 47.4 Å². The van der Waals surface area contributed by atoms with E-state index >= 15 is 0 Å². The number of benzene rings is 1. The zero-order valence-corrected chi connectivity index (χ0v) is 17.0. The van der Waals surface area contributed by atoms with Crippen molar-refractivity contribution in [2.75, 3.05) is 20.2 Å². The number of carbonyl (C=O) groups excluding carboxylic acids is 1. The van der Waals surface area contributed by atoms with Crippen molar-refractivity contribution in [3.8, 4) is 17.3 Å². The van der Waals surface area contributed by atoms with Crippen LogP contribution in [0.25, 0.3) is 11.5 Å². The van der Waals surface area contributed by atoms with Gasteiger partial charge in [0, 0.05) is 38.3 Å². The SMILES string of the molecule is COc1ccc(CCC(=O)N2CCCC(Cc3nc(-c4cnccn4)no3)C2)cc1. The highest BCUT2D eigenvalue weighted by Gasteiger charge is 2.25. The van der Waals surface area contributed by atoms with Crippen molar-refractivity contribution in [1.82, 2.24) is 25.0 Å². The normalized spacial score (nSPS) is 16.4. The molecule has 0 bridgehead atoms. The van der Waals surface area contributed by atoms with Gasteiger partial charge in [-0.05, 0) is 42.9 Å². The summed E-state index contributed by atoms with van der Waals surface area (Å²) in [5, 5.41) is 4.00. The molecule has 1 aliphatic rings. The Morgan fingerprint density at radius 2 is 2.13 bits per heavy atom. The van der Waals surface area contributed by atoms with E-state index in [2.05, 4.69) is 20.1 Å². The number of carbonyl (C=O) groups is 1. The topological polar surface area (TPSA) is 94.2 Å². The summed E-state index contributed by atoms with van der Waals surface area (Å²) in [7, 11) is 1.65. The Morgan fingerprint density at radius 3 is 2.90 bits per heavy atom. The molecule has 1 aromatic carbocycles. The van der Waals surface area contributed by atoms with Gasteiger partial charge in [-0.25, -0.2) is 4.98 Å². The summed E-state index contributed by atoms with van der Waals surface area (Å²) < 4.78 is 10.6. The molecule has 1 aliphatic heterocycles. The number of rotatable bonds is 7. The predicted octanol–water partition coefficient (Wildman–Crippen LogP) is 2.95. The summed E-state index contributed by atoms with van der Waals surface area (Å²) in [6.07, 6.45) is 8.75. The molecular weight excluding hydrogens is 382 g/mol. The number of hydrogen-bond donors (Lipinski definition) is 0. The van der Waals surface area contributed by atoms with Gasteiger partial charge >= 0.3 is 0 Å². The van der Waals surface area contributed by atoms with Gasteiger partial charge in [-0.15, -0.1) is 0 Å². The van der Waals surface area contributed by atoms with Gasteiger partial charge in [-0.3, -0.25) is 9.78 Å². The number of piperidine rings is 1. The number of nitrogens with zero attached hydrogens (tertiary/aromatic N) is 5. The van der Waals surface area contributed by atoms with E-state index in [9.17, 15) is 4.79 Å². The van der Waals surface area contributed by atoms with Crippen LogP contribution in [-0.2, 0) is 17.6 Å². The fourth-order valence-corrected chi connectivity index (χ4v) is 3.76. The van der Waals surface area contributed by atoms with Crippen molar-refractivity contribution in [3.05, 3.63) is 54.3 Å². The molecule has 30 heavy (non-hydrogen) atoms. The molecule has 1 fully saturated rings. The van der Waals surface area contributed by atoms with Gasteiger partial charge < -0.3 is 14.2 Å². The summed E-state index contributed by atoms with van der Waals surface area (Å²) in [5.41, 5.74) is 1.73. The van der Waals surface area contributed by atoms with Crippen LogP contribution in [0, 0.1) is 5.92 Å². The third-order valence-corrected chi connectivity index (χ3v) is 5.38. The van der Waals surface area contributed by atoms with Crippen LogP contribution in [0.2, 0.25) is 0 Å². The molecule has 0 spiro atoms. The molecule has 156 valence electrons. The van der Waals surface area contributed by atoms with Crippen molar-refractivity contribution in [3.63, 3.8) is 0 Å². The van der Waals surface area contributed by atoms with Crippen LogP contribution in [0.3, 0.4) is 0 Å². The largest absolute Gasteiger partial charge is 0.497 e. The summed E-state index contributed by atoms with van der Waals surface area (Å²) in [5.74, 6) is 2.36. The molecule has 0 aliphatic carbocycles. The predicted molar refractivity (Wildman–Crippen MR) is 110 cm³/mol. The number of hydrogen-bond acceptors (Lipinski definition) is 7. The highest BCUT2D eigenvalue weighted by Crippen LogP contribution is 2.22. The Morgan fingerprint density at radius 1 is 1.27 bits per heavy atom. The first kappa shape index (κ1) is 20.0. The lowest BCUT2D eigenvalue weighted by atomic mass is 9.94. The van der Waals surface area contributed by atoms with E-state index in [1.165, 1.54) is 0 Å². The van der Waals surface area contributed by atoms with Crippen molar-refractivity contribution in [1.29, 1.82) is 0 Å². The number of aryl methyl sites for hydroxylation is 1. The molecule has 1 atom stereocenters. The first-order valence-corrected chi connectivity index (χ1v) is 10.2. The number of amides is 1. The molecule has 0 radical (unpaired) electrons. The van der Waals surface area contributed by atoms with Crippen LogP contribution < -0.4 is 4.74 Å². The molecule has 4 rings (SSSR count). The van der Waals surface area contributed by atoms with E-state index in [1.54, 1.807) is 25.7 Å². The number of ether oxygens (including phenoxy) is 1. The van der Waals surface area contributed by atoms with Crippen LogP contribution in [-0.4, -0.2) is 51.1 Å². The highest BCUT2D eigenvalue weighted by atomic mass is 16.5. The molecule has 8 nitrogen and oxygen atoms in total. The minimum Gasteiger partial charge on any atom is -0.497 e. The second-order valence-electron chi connectivity index (χ2n) is 7.50. The van der Waals surface area contributed by atoms with E-state index in [0.29, 0.717) is 36.2 Å². The van der Waals surface area contributed by atoms with Gasteiger partial charge in [0.1, 0.15) is 11.4 Å². The van der Waals surface area contributed by atoms with E-state index in [4.69, 9.17) is 9.26 Å². The molecular formula is C22H25N5O3. The second kappa shape index (κ2) is 9.47. The standard InChI is InChI=1S/C22H25N5O3/c1-29-18-7-4-16(5-8-18)6-9-21(28)27-12-2-3-17(15-27)13-20-25-22(26-30-20)19-14-23-10-11-24-19/h4-5,7-8,10-11,14,17H,2-3,6,9,12-13,15H2,1H3. The third-order valence-electron chi connectivity index (χ3n) is 5.38. The van der Waals surface area contributed by atoms with Gasteiger partial charge in [0.2, 0.25) is 17.6 Å². The molecule has 1 saturated heterocycles. The first-order chi connectivity index (χ1) is 14.7. The highest BCUT2D eigenvalue weighted by molar-refractivity contribution is 5.76. The molecule has 0 N–H and O–H groups in total. The van der Waals surface area contributed by atoms with E-state index in [1.807, 2.05) is 29.2 Å². The molecule has 1 unspecified atom stereocenters. The maximum atomic E-state index is 12.7. The third kappa shape index (κ3) is 5.00. The second-order valence-corrected chi connectivity index (χ2v) is 7.50. The average Bonchev–Trinajstić information content (AvgIpc) is 3.27. The Bertz CT molecular complexity index is 958. The molecule has 3 aromatic rings. The smallest absolute Gasteiger partial charge is 0.227 e. The monoisotopic (exact) mass is 407 g/mol. The zero-order valence-electron chi connectivity index (χ0n) is 17.0. The molecule has 0 saturated carbocycles. The number of methoxy groups -OCH3 is 1. The minimum atomic E-state index is 0.196. The summed E-state index contributed by atoms with van der Waals surface area (Å²) in [6.45, 7) is 1.54. The lowest BCUT2D eigenvalue weighted by molar-refractivity contribution is -0.133. The lowest BCUT2D eigenvalue weighted by Gasteiger charge is -2.32. The number of aromatic nitrogens is 4. The quantitative estimate of drug-likeness (QED) is 0.594. The Balaban J connectivity index is 1.29. The molecule has 3 heterocycles. The van der Waals surface area contributed by atoms with E-state index < -0.39 is 0 Å². The van der Waals surface area contributed by atoms with Gasteiger partial charge in [-0.2, -0.15) is 4.98 Å². The van der Waals surface area contributed by atoms with Gasteiger partial charge in [0.25, 0.3) is 0 Å². The van der Waals surface area contributed by atoms with Crippen molar-refractivity contribution < 1.29 is 14.1 Å². The van der Waals surface area contributed by atoms with Gasteiger partial charge in [0.05, 0.1) is 13.3 Å². The Labute approximate surface area is 175 Å². The van der Waals surface area contributed by atoms with E-state index in [0.717, 1.165) is 43.7 Å². The minimum absolute atomic E-state index is 0.196. The fourth-order valence-electron chi connectivity index (χ4n) is 3.76. The van der Waals surface area contributed by atoms with Gasteiger partial charge in [-0.1, -0.05) is 17.3 Å². The van der Waals surface area contributed by atoms with Crippen LogP contribution in [0.4, 0.5) is 0 Å². The van der Waals surface area contributed by atoms with Crippen molar-refractivity contribution >= 4 is 5.91 Å². The Kier molecular flexibility index (Phi) is 6.32. The molecule has 8 heteroatoms. The fraction of sp³-hybridized carbons (Fsp3) is 0.409. The number of likely N-dealkylation sites (tertiary alicyclic amines) is 1. The van der Waals surface area contributed by atoms with Crippen LogP contribution in [0.1, 0.15) is 30.7 Å². The summed E-state index contributed by atoms with van der Waals surface area (Å²) >= 11 is 0. The average molecular weight is 407 g/mol. The summed E-state index contributed by atoms with van der Waals surface area (Å²) in [4.78, 5) is 27.3. The lowest BCUT2D eigenvalue weighted by Crippen LogP contribution is -2.40. The molecule has 1 amide bonds. The van der Waals surface area contributed by atoms with Gasteiger partial charge in [0.15, 0.2) is 0 Å². The maximum absolute atomic E-state index is 12.7. The summed E-state index contributed by atoms with van der Waals surface area (Å²) in [6, 6.07) is 7.87. The Hall–Kier alpha value is -3.29. The van der Waals surface area contributed by atoms with E-state index in [-0.39, 0.29) is 5.91 Å². The van der Waals surface area contributed by atoms with Crippen LogP contribution in [0.5, 0.6) is 5.75 Å². The molecule has 2 aromatic heterocycles.